The zero-order valence-electron chi connectivity index (χ0n) is 15.1. The Kier molecular flexibility index (Phi) is 5.25. The number of hydrogen-bond acceptors (Lipinski definition) is 6. The van der Waals surface area contributed by atoms with E-state index in [1.165, 1.54) is 11.9 Å². The molecule has 3 aromatic rings. The first-order valence-electron chi connectivity index (χ1n) is 8.60. The third-order valence-electron chi connectivity index (χ3n) is 4.13. The highest BCUT2D eigenvalue weighted by molar-refractivity contribution is 8.00. The predicted molar refractivity (Wildman–Crippen MR) is 109 cm³/mol. The van der Waals surface area contributed by atoms with Crippen LogP contribution in [0.1, 0.15) is 10.4 Å². The summed E-state index contributed by atoms with van der Waals surface area (Å²) >= 11 is 1.45. The molecule has 2 N–H and O–H groups in total. The van der Waals surface area contributed by atoms with E-state index in [4.69, 9.17) is 14.2 Å². The first-order chi connectivity index (χ1) is 13.7. The third-order valence-corrected chi connectivity index (χ3v) is 4.96. The molecule has 0 fully saturated rings. The van der Waals surface area contributed by atoms with Crippen molar-refractivity contribution in [3.05, 3.63) is 72.3 Å². The van der Waals surface area contributed by atoms with Crippen LogP contribution >= 0.6 is 11.9 Å². The van der Waals surface area contributed by atoms with E-state index in [1.54, 1.807) is 37.4 Å². The topological polar surface area (TPSA) is 68.8 Å². The molecule has 142 valence electrons. The summed E-state index contributed by atoms with van der Waals surface area (Å²) < 4.78 is 19.2. The number of carbonyl (C=O) groups is 1. The molecule has 3 aromatic carbocycles. The maximum absolute atomic E-state index is 12.5. The van der Waals surface area contributed by atoms with Gasteiger partial charge in [-0.3, -0.25) is 4.79 Å². The Morgan fingerprint density at radius 3 is 2.61 bits per heavy atom. The van der Waals surface area contributed by atoms with E-state index in [1.807, 2.05) is 36.4 Å². The van der Waals surface area contributed by atoms with Gasteiger partial charge in [-0.2, -0.15) is 0 Å². The average Bonchev–Trinajstić information content (AvgIpc) is 3.20. The van der Waals surface area contributed by atoms with Crippen molar-refractivity contribution in [1.29, 1.82) is 0 Å². The molecule has 0 radical (unpaired) electrons. The Bertz CT molecular complexity index is 992. The number of methoxy groups -OCH3 is 1. The van der Waals surface area contributed by atoms with Crippen LogP contribution in [0.2, 0.25) is 0 Å². The van der Waals surface area contributed by atoms with Gasteiger partial charge in [0.15, 0.2) is 11.5 Å². The fourth-order valence-corrected chi connectivity index (χ4v) is 3.36. The smallest absolute Gasteiger partial charge is 0.255 e. The van der Waals surface area contributed by atoms with E-state index in [9.17, 15) is 4.79 Å². The van der Waals surface area contributed by atoms with Gasteiger partial charge in [-0.1, -0.05) is 12.1 Å². The maximum Gasteiger partial charge on any atom is 0.255 e. The van der Waals surface area contributed by atoms with Crippen LogP contribution in [-0.4, -0.2) is 19.8 Å². The molecular weight excluding hydrogens is 376 g/mol. The number of anilines is 2. The second-order valence-electron chi connectivity index (χ2n) is 5.95. The van der Waals surface area contributed by atoms with Gasteiger partial charge >= 0.3 is 0 Å². The normalized spacial score (nSPS) is 11.8. The highest BCUT2D eigenvalue weighted by Crippen LogP contribution is 2.34. The molecule has 1 aliphatic heterocycles. The van der Waals surface area contributed by atoms with Crippen molar-refractivity contribution in [3.8, 4) is 17.2 Å². The summed E-state index contributed by atoms with van der Waals surface area (Å²) in [7, 11) is 1.64. The molecule has 4 rings (SSSR count). The fourth-order valence-electron chi connectivity index (χ4n) is 2.69. The number of benzene rings is 3. The molecule has 0 saturated heterocycles. The number of para-hydroxylation sites is 2. The standard InChI is InChI=1S/C21H18N2O4S/c1-25-18-5-3-2-4-17(18)23-28-16-9-6-14(7-10-16)21(24)22-15-8-11-19-20(12-15)27-13-26-19/h2-12,23H,13H2,1H3,(H,22,24). The van der Waals surface area contributed by atoms with Gasteiger partial charge in [0.05, 0.1) is 12.8 Å². The van der Waals surface area contributed by atoms with Crippen LogP contribution in [-0.2, 0) is 0 Å². The predicted octanol–water partition coefficient (Wildman–Crippen LogP) is 4.80. The van der Waals surface area contributed by atoms with Gasteiger partial charge in [-0.05, 0) is 60.5 Å². The van der Waals surface area contributed by atoms with Crippen LogP contribution in [0.15, 0.2) is 71.6 Å². The largest absolute Gasteiger partial charge is 0.495 e. The minimum atomic E-state index is -0.187. The molecule has 0 bridgehead atoms. The summed E-state index contributed by atoms with van der Waals surface area (Å²) in [6.45, 7) is 0.203. The highest BCUT2D eigenvalue weighted by atomic mass is 32.2. The van der Waals surface area contributed by atoms with E-state index >= 15 is 0 Å². The maximum atomic E-state index is 12.5. The lowest BCUT2D eigenvalue weighted by molar-refractivity contribution is 0.102. The third kappa shape index (κ3) is 3.99. The second-order valence-corrected chi connectivity index (χ2v) is 6.83. The summed E-state index contributed by atoms with van der Waals surface area (Å²) in [5.41, 5.74) is 2.12. The van der Waals surface area contributed by atoms with Crippen molar-refractivity contribution in [1.82, 2.24) is 0 Å². The number of rotatable bonds is 6. The number of ether oxygens (including phenoxy) is 3. The van der Waals surface area contributed by atoms with E-state index in [0.717, 1.165) is 16.3 Å². The number of hydrogen-bond donors (Lipinski definition) is 2. The molecule has 0 aromatic heterocycles. The zero-order chi connectivity index (χ0) is 19.3. The number of fused-ring (bicyclic) bond motifs is 1. The van der Waals surface area contributed by atoms with Crippen LogP contribution in [0.5, 0.6) is 17.2 Å². The van der Waals surface area contributed by atoms with Crippen LogP contribution in [0.3, 0.4) is 0 Å². The lowest BCUT2D eigenvalue weighted by atomic mass is 10.2. The number of amides is 1. The summed E-state index contributed by atoms with van der Waals surface area (Å²) in [6.07, 6.45) is 0. The monoisotopic (exact) mass is 394 g/mol. The SMILES string of the molecule is COc1ccccc1NSc1ccc(C(=O)Nc2ccc3c(c2)OCO3)cc1. The van der Waals surface area contributed by atoms with Crippen LogP contribution in [0, 0.1) is 0 Å². The highest BCUT2D eigenvalue weighted by Gasteiger charge is 2.14. The Labute approximate surface area is 166 Å². The molecule has 1 heterocycles. The van der Waals surface area contributed by atoms with Crippen LogP contribution in [0.25, 0.3) is 0 Å². The average molecular weight is 394 g/mol. The number of nitrogens with one attached hydrogen (secondary N) is 2. The lowest BCUT2D eigenvalue weighted by Crippen LogP contribution is -2.11. The quantitative estimate of drug-likeness (QED) is 0.586. The Morgan fingerprint density at radius 1 is 1.00 bits per heavy atom. The van der Waals surface area contributed by atoms with E-state index < -0.39 is 0 Å². The number of carbonyl (C=O) groups excluding carboxylic acids is 1. The second kappa shape index (κ2) is 8.14. The van der Waals surface area contributed by atoms with Gasteiger partial charge in [0.1, 0.15) is 5.75 Å². The lowest BCUT2D eigenvalue weighted by Gasteiger charge is -2.10. The van der Waals surface area contributed by atoms with Crippen LogP contribution in [0.4, 0.5) is 11.4 Å². The van der Waals surface area contributed by atoms with Crippen molar-refractivity contribution in [3.63, 3.8) is 0 Å². The molecule has 1 aliphatic rings. The molecular formula is C21H18N2O4S. The van der Waals surface area contributed by atoms with Gasteiger partial charge in [-0.25, -0.2) is 0 Å². The summed E-state index contributed by atoms with van der Waals surface area (Å²) in [5, 5.41) is 2.87. The molecule has 0 saturated carbocycles. The molecule has 0 unspecified atom stereocenters. The molecule has 0 aliphatic carbocycles. The Morgan fingerprint density at radius 2 is 1.79 bits per heavy atom. The van der Waals surface area contributed by atoms with Gasteiger partial charge in [0, 0.05) is 22.2 Å². The molecule has 6 nitrogen and oxygen atoms in total. The van der Waals surface area contributed by atoms with Crippen molar-refractivity contribution in [2.24, 2.45) is 0 Å². The summed E-state index contributed by atoms with van der Waals surface area (Å²) in [4.78, 5) is 13.4. The van der Waals surface area contributed by atoms with Crippen LogP contribution < -0.4 is 24.2 Å². The zero-order valence-corrected chi connectivity index (χ0v) is 15.9. The minimum absolute atomic E-state index is 0.187. The van der Waals surface area contributed by atoms with Crippen molar-refractivity contribution in [2.45, 2.75) is 4.90 Å². The summed E-state index contributed by atoms with van der Waals surface area (Å²) in [6, 6.07) is 20.4. The Balaban J connectivity index is 1.38. The van der Waals surface area contributed by atoms with Crippen molar-refractivity contribution >= 4 is 29.2 Å². The van der Waals surface area contributed by atoms with Gasteiger partial charge < -0.3 is 24.2 Å². The first kappa shape index (κ1) is 18.1. The van der Waals surface area contributed by atoms with Crippen molar-refractivity contribution in [2.75, 3.05) is 23.9 Å². The first-order valence-corrected chi connectivity index (χ1v) is 9.41. The van der Waals surface area contributed by atoms with Gasteiger partial charge in [0.25, 0.3) is 5.91 Å². The summed E-state index contributed by atoms with van der Waals surface area (Å²) in [5.74, 6) is 1.90. The van der Waals surface area contributed by atoms with Gasteiger partial charge in [0.2, 0.25) is 6.79 Å². The molecule has 1 amide bonds. The molecule has 28 heavy (non-hydrogen) atoms. The van der Waals surface area contributed by atoms with Crippen molar-refractivity contribution < 1.29 is 19.0 Å². The van der Waals surface area contributed by atoms with E-state index in [0.29, 0.717) is 22.7 Å². The fraction of sp³-hybridized carbons (Fsp3) is 0.0952. The molecule has 0 spiro atoms. The van der Waals surface area contributed by atoms with E-state index in [-0.39, 0.29) is 12.7 Å². The molecule has 7 heteroatoms. The van der Waals surface area contributed by atoms with Gasteiger partial charge in [-0.15, -0.1) is 0 Å². The minimum Gasteiger partial charge on any atom is -0.495 e. The Hall–Kier alpha value is -3.32. The van der Waals surface area contributed by atoms with E-state index in [2.05, 4.69) is 10.0 Å². The molecule has 0 atom stereocenters.